The molecule has 2 atom stereocenters. The van der Waals surface area contributed by atoms with Crippen LogP contribution in [-0.2, 0) is 23.9 Å². The lowest BCUT2D eigenvalue weighted by Gasteiger charge is -2.45. The van der Waals surface area contributed by atoms with Crippen molar-refractivity contribution in [3.63, 3.8) is 0 Å². The quantitative estimate of drug-likeness (QED) is 0.0829. The van der Waals surface area contributed by atoms with Crippen LogP contribution in [0.2, 0.25) is 0 Å². The van der Waals surface area contributed by atoms with Crippen molar-refractivity contribution in [2.24, 2.45) is 17.3 Å². The van der Waals surface area contributed by atoms with E-state index < -0.39 is 34.7 Å². The van der Waals surface area contributed by atoms with E-state index in [9.17, 15) is 19.5 Å². The van der Waals surface area contributed by atoms with Crippen LogP contribution in [0.5, 0.6) is 0 Å². The van der Waals surface area contributed by atoms with Crippen LogP contribution >= 0.6 is 0 Å². The summed E-state index contributed by atoms with van der Waals surface area (Å²) in [6, 6.07) is 0. The molecule has 2 amide bonds. The van der Waals surface area contributed by atoms with Crippen molar-refractivity contribution < 1.29 is 29.0 Å². The number of hydrogen-bond donors (Lipinski definition) is 3. The van der Waals surface area contributed by atoms with Gasteiger partial charge in [-0.3, -0.25) is 14.4 Å². The molecule has 8 nitrogen and oxygen atoms in total. The lowest BCUT2D eigenvalue weighted by atomic mass is 9.72. The molecule has 8 heteroatoms. The summed E-state index contributed by atoms with van der Waals surface area (Å²) in [7, 11) is 0. The number of amides is 2. The molecule has 1 heterocycles. The molecule has 0 aromatic heterocycles. The summed E-state index contributed by atoms with van der Waals surface area (Å²) in [6.45, 7) is 12.2. The molecule has 2 fully saturated rings. The molecule has 2 rings (SSSR count). The molecule has 1 aliphatic heterocycles. The molecule has 280 valence electrons. The van der Waals surface area contributed by atoms with Crippen LogP contribution < -0.4 is 10.6 Å². The maximum Gasteiger partial charge on any atom is 0.310 e. The number of ether oxygens (including phenoxy) is 2. The van der Waals surface area contributed by atoms with E-state index in [4.69, 9.17) is 9.47 Å². The van der Waals surface area contributed by atoms with Crippen LogP contribution in [0.1, 0.15) is 189 Å². The zero-order valence-corrected chi connectivity index (χ0v) is 31.9. The third-order valence-electron chi connectivity index (χ3n) is 10.9. The van der Waals surface area contributed by atoms with Gasteiger partial charge in [-0.05, 0) is 39.5 Å². The van der Waals surface area contributed by atoms with Crippen LogP contribution in [-0.4, -0.2) is 53.5 Å². The Morgan fingerprint density at radius 2 is 1.21 bits per heavy atom. The van der Waals surface area contributed by atoms with Crippen LogP contribution in [0.4, 0.5) is 0 Å². The van der Waals surface area contributed by atoms with E-state index in [0.29, 0.717) is 19.4 Å². The van der Waals surface area contributed by atoms with Crippen LogP contribution in [0.25, 0.3) is 0 Å². The molecule has 0 aromatic carbocycles. The topological polar surface area (TPSA) is 114 Å². The highest BCUT2D eigenvalue weighted by molar-refractivity contribution is 5.84. The molecule has 0 aromatic rings. The van der Waals surface area contributed by atoms with Gasteiger partial charge in [0.1, 0.15) is 6.10 Å². The monoisotopic (exact) mass is 679 g/mol. The van der Waals surface area contributed by atoms with E-state index in [1.807, 2.05) is 13.8 Å². The van der Waals surface area contributed by atoms with Crippen LogP contribution in [0.3, 0.4) is 0 Å². The van der Waals surface area contributed by atoms with E-state index in [1.54, 1.807) is 13.8 Å². The van der Waals surface area contributed by atoms with Gasteiger partial charge >= 0.3 is 5.97 Å². The summed E-state index contributed by atoms with van der Waals surface area (Å²) in [5, 5.41) is 16.9. The van der Waals surface area contributed by atoms with E-state index in [1.165, 1.54) is 77.0 Å². The van der Waals surface area contributed by atoms with Crippen LogP contribution in [0, 0.1) is 17.3 Å². The highest BCUT2D eigenvalue weighted by Crippen LogP contribution is 2.37. The second-order valence-electron chi connectivity index (χ2n) is 16.2. The third kappa shape index (κ3) is 15.1. The molecule has 0 bridgehead atoms. The minimum atomic E-state index is -0.979. The fourth-order valence-electron chi connectivity index (χ4n) is 7.68. The lowest BCUT2D eigenvalue weighted by Crippen LogP contribution is -2.62. The predicted molar refractivity (Wildman–Crippen MR) is 195 cm³/mol. The van der Waals surface area contributed by atoms with Crippen molar-refractivity contribution in [1.29, 1.82) is 0 Å². The fraction of sp³-hybridized carbons (Fsp3) is 0.925. The molecule has 2 aliphatic rings. The molecular formula is C40H74N2O6. The molecule has 48 heavy (non-hydrogen) atoms. The Morgan fingerprint density at radius 1 is 0.729 bits per heavy atom. The average molecular weight is 679 g/mol. The SMILES string of the molecule is CCCCCCCCCCC(CCCCCCCCCC)C(=O)NC1(C(CNC(=O)C2OC(C)(C)OCC2(C)C)C(=O)O)CCCCC1. The number of carbonyl (C=O) groups excluding carboxylic acids is 2. The Bertz CT molecular complexity index is 909. The number of carbonyl (C=O) groups is 3. The van der Waals surface area contributed by atoms with E-state index >= 15 is 0 Å². The first-order chi connectivity index (χ1) is 22.9. The summed E-state index contributed by atoms with van der Waals surface area (Å²) in [6.07, 6.45) is 24.6. The minimum absolute atomic E-state index is 0.0102. The smallest absolute Gasteiger partial charge is 0.310 e. The fourth-order valence-corrected chi connectivity index (χ4v) is 7.68. The first-order valence-corrected chi connectivity index (χ1v) is 20.0. The predicted octanol–water partition coefficient (Wildman–Crippen LogP) is 9.48. The first-order valence-electron chi connectivity index (χ1n) is 20.0. The Morgan fingerprint density at radius 3 is 1.69 bits per heavy atom. The van der Waals surface area contributed by atoms with Crippen molar-refractivity contribution >= 4 is 17.8 Å². The Balaban J connectivity index is 2.09. The molecule has 2 unspecified atom stereocenters. The number of carboxylic acid groups (broad SMARTS) is 1. The highest BCUT2D eigenvalue weighted by atomic mass is 16.7. The Hall–Kier alpha value is -1.67. The van der Waals surface area contributed by atoms with Crippen molar-refractivity contribution in [3.05, 3.63) is 0 Å². The van der Waals surface area contributed by atoms with Gasteiger partial charge in [-0.15, -0.1) is 0 Å². The number of nitrogens with one attached hydrogen (secondary N) is 2. The van der Waals surface area contributed by atoms with Crippen molar-refractivity contribution in [3.8, 4) is 0 Å². The summed E-state index contributed by atoms with van der Waals surface area (Å²) < 4.78 is 11.8. The molecule has 1 saturated heterocycles. The maximum atomic E-state index is 14.1. The average Bonchev–Trinajstić information content (AvgIpc) is 3.04. The van der Waals surface area contributed by atoms with Crippen molar-refractivity contribution in [2.75, 3.05) is 13.2 Å². The molecule has 0 spiro atoms. The Labute approximate surface area is 294 Å². The third-order valence-corrected chi connectivity index (χ3v) is 10.9. The summed E-state index contributed by atoms with van der Waals surface area (Å²) in [4.78, 5) is 40.5. The maximum absolute atomic E-state index is 14.1. The summed E-state index contributed by atoms with van der Waals surface area (Å²) in [5.74, 6) is -3.23. The van der Waals surface area contributed by atoms with Crippen molar-refractivity contribution in [1.82, 2.24) is 10.6 Å². The number of aliphatic carboxylic acids is 1. The van der Waals surface area contributed by atoms with Gasteiger partial charge in [0.2, 0.25) is 11.8 Å². The normalized spacial score (nSPS) is 20.7. The van der Waals surface area contributed by atoms with Gasteiger partial charge in [-0.25, -0.2) is 0 Å². The van der Waals surface area contributed by atoms with Gasteiger partial charge in [-0.2, -0.15) is 0 Å². The lowest BCUT2D eigenvalue weighted by molar-refractivity contribution is -0.304. The van der Waals surface area contributed by atoms with Crippen LogP contribution in [0.15, 0.2) is 0 Å². The molecule has 1 aliphatic carbocycles. The molecule has 0 radical (unpaired) electrons. The number of hydrogen-bond acceptors (Lipinski definition) is 5. The second-order valence-corrected chi connectivity index (χ2v) is 16.2. The number of rotatable bonds is 25. The largest absolute Gasteiger partial charge is 0.481 e. The Kier molecular flexibility index (Phi) is 19.7. The van der Waals surface area contributed by atoms with E-state index in [-0.39, 0.29) is 24.3 Å². The zero-order chi connectivity index (χ0) is 35.5. The standard InChI is InChI=1S/C40H74N2O6/c1-7-9-11-13-15-17-19-22-26-32(27-23-20-18-16-14-12-10-8-2)35(43)42-40(28-24-21-25-29-40)33(37(45)46)30-41-36(44)34-38(3,4)31-47-39(5,6)48-34/h32-34H,7-31H2,1-6H3,(H,41,44)(H,42,43)(H,45,46). The van der Waals surface area contributed by atoms with Gasteiger partial charge in [0.15, 0.2) is 5.79 Å². The number of unbranched alkanes of at least 4 members (excludes halogenated alkanes) is 14. The van der Waals surface area contributed by atoms with Gasteiger partial charge in [0.25, 0.3) is 0 Å². The van der Waals surface area contributed by atoms with Crippen molar-refractivity contribution in [2.45, 2.75) is 207 Å². The van der Waals surface area contributed by atoms with E-state index in [2.05, 4.69) is 24.5 Å². The van der Waals surface area contributed by atoms with Gasteiger partial charge in [-0.1, -0.05) is 150 Å². The molecule has 1 saturated carbocycles. The van der Waals surface area contributed by atoms with Gasteiger partial charge < -0.3 is 25.2 Å². The summed E-state index contributed by atoms with van der Waals surface area (Å²) in [5.41, 5.74) is -1.44. The van der Waals surface area contributed by atoms with Gasteiger partial charge in [0, 0.05) is 17.9 Å². The first kappa shape index (κ1) is 42.5. The molecule has 3 N–H and O–H groups in total. The minimum Gasteiger partial charge on any atom is -0.481 e. The second kappa shape index (κ2) is 22.2. The van der Waals surface area contributed by atoms with Gasteiger partial charge in [0.05, 0.1) is 18.1 Å². The van der Waals surface area contributed by atoms with E-state index in [0.717, 1.165) is 57.8 Å². The molecular weight excluding hydrogens is 604 g/mol. The number of carboxylic acids is 1. The zero-order valence-electron chi connectivity index (χ0n) is 31.9. The summed E-state index contributed by atoms with van der Waals surface area (Å²) >= 11 is 0. The highest BCUT2D eigenvalue weighted by Gasteiger charge is 2.48.